The molecule has 0 aliphatic carbocycles. The van der Waals surface area contributed by atoms with Crippen LogP contribution >= 0.6 is 0 Å². The zero-order chi connectivity index (χ0) is 18.4. The first kappa shape index (κ1) is 19.1. The number of benzene rings is 1. The second kappa shape index (κ2) is 8.71. The Morgan fingerprint density at radius 3 is 2.68 bits per heavy atom. The number of nitrogens with one attached hydrogen (secondary N) is 1. The molecule has 1 saturated heterocycles. The van der Waals surface area contributed by atoms with E-state index in [9.17, 15) is 14.7 Å². The Morgan fingerprint density at radius 2 is 2.04 bits per heavy atom. The number of nitrogens with zero attached hydrogens (tertiary/aromatic N) is 1. The number of hydrogen-bond acceptors (Lipinski definition) is 5. The van der Waals surface area contributed by atoms with Gasteiger partial charge in [-0.3, -0.25) is 14.5 Å². The molecule has 1 aromatic rings. The molecule has 25 heavy (non-hydrogen) atoms. The average molecular weight is 350 g/mol. The molecule has 0 bridgehead atoms. The number of hydrogen-bond donors (Lipinski definition) is 2. The molecular weight excluding hydrogens is 324 g/mol. The first-order chi connectivity index (χ1) is 12.0. The molecule has 1 heterocycles. The number of carboxylic acids is 1. The summed E-state index contributed by atoms with van der Waals surface area (Å²) in [7, 11) is 3.14. The smallest absolute Gasteiger partial charge is 0.307 e. The van der Waals surface area contributed by atoms with E-state index in [0.717, 1.165) is 18.5 Å². The SMILES string of the molecule is COc1ccc(CNC(=O)C(C)N2CCCC(C(=O)O)C2)cc1OC. The van der Waals surface area contributed by atoms with Gasteiger partial charge in [-0.25, -0.2) is 0 Å². The van der Waals surface area contributed by atoms with Gasteiger partial charge in [-0.2, -0.15) is 0 Å². The third-order valence-electron chi connectivity index (χ3n) is 4.64. The van der Waals surface area contributed by atoms with Gasteiger partial charge in [0.05, 0.1) is 26.2 Å². The standard InChI is InChI=1S/C18H26N2O5/c1-12(20-8-4-5-14(11-20)18(22)23)17(21)19-10-13-6-7-15(24-2)16(9-13)25-3/h6-7,9,12,14H,4-5,8,10-11H2,1-3H3,(H,19,21)(H,22,23). The second-order valence-electron chi connectivity index (χ2n) is 6.26. The van der Waals surface area contributed by atoms with Crippen molar-refractivity contribution in [3.05, 3.63) is 23.8 Å². The summed E-state index contributed by atoms with van der Waals surface area (Å²) in [5.74, 6) is -0.0417. The summed E-state index contributed by atoms with van der Waals surface area (Å²) >= 11 is 0. The fourth-order valence-electron chi connectivity index (χ4n) is 3.05. The van der Waals surface area contributed by atoms with Crippen molar-refractivity contribution in [3.8, 4) is 11.5 Å². The summed E-state index contributed by atoms with van der Waals surface area (Å²) in [6.07, 6.45) is 1.47. The number of carboxylic acid groups (broad SMARTS) is 1. The maximum absolute atomic E-state index is 12.4. The number of methoxy groups -OCH3 is 2. The van der Waals surface area contributed by atoms with E-state index < -0.39 is 11.9 Å². The molecule has 2 unspecified atom stereocenters. The summed E-state index contributed by atoms with van der Waals surface area (Å²) in [6.45, 7) is 3.35. The topological polar surface area (TPSA) is 88.1 Å². The predicted molar refractivity (Wildman–Crippen MR) is 92.8 cm³/mol. The Bertz CT molecular complexity index is 619. The van der Waals surface area contributed by atoms with Crippen molar-refractivity contribution in [2.75, 3.05) is 27.3 Å². The zero-order valence-corrected chi connectivity index (χ0v) is 14.9. The predicted octanol–water partition coefficient (Wildman–Crippen LogP) is 1.51. The van der Waals surface area contributed by atoms with Crippen molar-refractivity contribution < 1.29 is 24.2 Å². The van der Waals surface area contributed by atoms with Crippen molar-refractivity contribution in [1.82, 2.24) is 10.2 Å². The number of aliphatic carboxylic acids is 1. The van der Waals surface area contributed by atoms with Gasteiger partial charge in [-0.05, 0) is 44.0 Å². The van der Waals surface area contributed by atoms with Crippen molar-refractivity contribution in [2.24, 2.45) is 5.92 Å². The first-order valence-corrected chi connectivity index (χ1v) is 8.41. The Balaban J connectivity index is 1.92. The van der Waals surface area contributed by atoms with Crippen LogP contribution in [0.25, 0.3) is 0 Å². The van der Waals surface area contributed by atoms with Crippen molar-refractivity contribution >= 4 is 11.9 Å². The second-order valence-corrected chi connectivity index (χ2v) is 6.26. The molecule has 2 atom stereocenters. The number of carbonyl (C=O) groups is 2. The maximum Gasteiger partial charge on any atom is 0.307 e. The first-order valence-electron chi connectivity index (χ1n) is 8.41. The number of ether oxygens (including phenoxy) is 2. The van der Waals surface area contributed by atoms with Crippen LogP contribution in [-0.4, -0.2) is 55.2 Å². The molecule has 1 aliphatic heterocycles. The van der Waals surface area contributed by atoms with E-state index in [4.69, 9.17) is 9.47 Å². The van der Waals surface area contributed by atoms with Gasteiger partial charge in [0.1, 0.15) is 0 Å². The highest BCUT2D eigenvalue weighted by atomic mass is 16.5. The Labute approximate surface area is 147 Å². The minimum Gasteiger partial charge on any atom is -0.493 e. The molecule has 0 saturated carbocycles. The normalized spacial score (nSPS) is 19.1. The third kappa shape index (κ3) is 4.85. The number of rotatable bonds is 7. The minimum absolute atomic E-state index is 0.110. The largest absolute Gasteiger partial charge is 0.493 e. The summed E-state index contributed by atoms with van der Waals surface area (Å²) in [6, 6.07) is 5.13. The van der Waals surface area contributed by atoms with Crippen molar-refractivity contribution in [2.45, 2.75) is 32.4 Å². The number of piperidine rings is 1. The lowest BCUT2D eigenvalue weighted by Crippen LogP contribution is -2.50. The van der Waals surface area contributed by atoms with E-state index in [0.29, 0.717) is 31.0 Å². The fourth-order valence-corrected chi connectivity index (χ4v) is 3.05. The van der Waals surface area contributed by atoms with E-state index in [-0.39, 0.29) is 11.9 Å². The molecule has 0 radical (unpaired) electrons. The molecule has 1 amide bonds. The Morgan fingerprint density at radius 1 is 1.32 bits per heavy atom. The van der Waals surface area contributed by atoms with Crippen LogP contribution in [0.5, 0.6) is 11.5 Å². The highest BCUT2D eigenvalue weighted by Gasteiger charge is 2.30. The van der Waals surface area contributed by atoms with Crippen LogP contribution < -0.4 is 14.8 Å². The number of likely N-dealkylation sites (tertiary alicyclic amines) is 1. The van der Waals surface area contributed by atoms with Gasteiger partial charge in [0, 0.05) is 13.1 Å². The van der Waals surface area contributed by atoms with Gasteiger partial charge in [-0.15, -0.1) is 0 Å². The molecule has 1 fully saturated rings. The molecular formula is C18H26N2O5. The van der Waals surface area contributed by atoms with E-state index in [1.807, 2.05) is 24.0 Å². The Kier molecular flexibility index (Phi) is 6.64. The molecule has 1 aliphatic rings. The van der Waals surface area contributed by atoms with Crippen LogP contribution in [0.3, 0.4) is 0 Å². The zero-order valence-electron chi connectivity index (χ0n) is 14.9. The lowest BCUT2D eigenvalue weighted by atomic mass is 9.97. The summed E-state index contributed by atoms with van der Waals surface area (Å²) in [5, 5.41) is 12.1. The average Bonchev–Trinajstić information content (AvgIpc) is 2.65. The quantitative estimate of drug-likeness (QED) is 0.775. The van der Waals surface area contributed by atoms with E-state index >= 15 is 0 Å². The van der Waals surface area contributed by atoms with Crippen LogP contribution in [-0.2, 0) is 16.1 Å². The van der Waals surface area contributed by atoms with Gasteiger partial charge in [0.25, 0.3) is 0 Å². The summed E-state index contributed by atoms with van der Waals surface area (Å²) in [5.41, 5.74) is 0.903. The van der Waals surface area contributed by atoms with Gasteiger partial charge in [0.2, 0.25) is 5.91 Å². The molecule has 1 aromatic carbocycles. The van der Waals surface area contributed by atoms with Crippen LogP contribution in [0.2, 0.25) is 0 Å². The van der Waals surface area contributed by atoms with Crippen molar-refractivity contribution in [3.63, 3.8) is 0 Å². The lowest BCUT2D eigenvalue weighted by Gasteiger charge is -2.34. The van der Waals surface area contributed by atoms with Crippen LogP contribution in [0.15, 0.2) is 18.2 Å². The molecule has 7 nitrogen and oxygen atoms in total. The van der Waals surface area contributed by atoms with Crippen molar-refractivity contribution in [1.29, 1.82) is 0 Å². The van der Waals surface area contributed by atoms with Gasteiger partial charge in [0.15, 0.2) is 11.5 Å². The number of amides is 1. The van der Waals surface area contributed by atoms with Gasteiger partial charge >= 0.3 is 5.97 Å². The molecule has 0 spiro atoms. The third-order valence-corrected chi connectivity index (χ3v) is 4.64. The summed E-state index contributed by atoms with van der Waals surface area (Å²) < 4.78 is 10.5. The lowest BCUT2D eigenvalue weighted by molar-refractivity contribution is -0.145. The molecule has 0 aromatic heterocycles. The number of carbonyl (C=O) groups excluding carboxylic acids is 1. The maximum atomic E-state index is 12.4. The fraction of sp³-hybridized carbons (Fsp3) is 0.556. The van der Waals surface area contributed by atoms with Gasteiger partial charge in [-0.1, -0.05) is 6.07 Å². The minimum atomic E-state index is -0.789. The highest BCUT2D eigenvalue weighted by molar-refractivity contribution is 5.81. The molecule has 2 rings (SSSR count). The van der Waals surface area contributed by atoms with Crippen LogP contribution in [0, 0.1) is 5.92 Å². The van der Waals surface area contributed by atoms with E-state index in [1.54, 1.807) is 20.3 Å². The van der Waals surface area contributed by atoms with Gasteiger partial charge < -0.3 is 19.9 Å². The molecule has 7 heteroatoms. The summed E-state index contributed by atoms with van der Waals surface area (Å²) in [4.78, 5) is 25.5. The monoisotopic (exact) mass is 350 g/mol. The Hall–Kier alpha value is -2.28. The van der Waals surface area contributed by atoms with E-state index in [2.05, 4.69) is 5.32 Å². The highest BCUT2D eigenvalue weighted by Crippen LogP contribution is 2.27. The molecule has 2 N–H and O–H groups in total. The van der Waals surface area contributed by atoms with E-state index in [1.165, 1.54) is 0 Å². The van der Waals surface area contributed by atoms with Crippen LogP contribution in [0.1, 0.15) is 25.3 Å². The molecule has 138 valence electrons. The van der Waals surface area contributed by atoms with Crippen LogP contribution in [0.4, 0.5) is 0 Å².